The Morgan fingerprint density at radius 2 is 2.10 bits per heavy atom. The Morgan fingerprint density at radius 1 is 1.30 bits per heavy atom. The summed E-state index contributed by atoms with van der Waals surface area (Å²) in [5, 5.41) is 11.8. The van der Waals surface area contributed by atoms with Crippen LogP contribution in [0.15, 0.2) is 18.2 Å². The maximum absolute atomic E-state index is 13.6. The summed E-state index contributed by atoms with van der Waals surface area (Å²) in [6.45, 7) is 2.22. The van der Waals surface area contributed by atoms with Gasteiger partial charge < -0.3 is 19.9 Å². The average Bonchev–Trinajstić information content (AvgIpc) is 2.43. The van der Waals surface area contributed by atoms with Crippen LogP contribution in [0.2, 0.25) is 0 Å². The second kappa shape index (κ2) is 9.28. The van der Waals surface area contributed by atoms with Crippen molar-refractivity contribution in [3.8, 4) is 0 Å². The zero-order valence-corrected chi connectivity index (χ0v) is 11.5. The minimum atomic E-state index is -1.14. The Hall–Kier alpha value is -1.66. The van der Waals surface area contributed by atoms with Gasteiger partial charge in [0.25, 0.3) is 0 Å². The van der Waals surface area contributed by atoms with Gasteiger partial charge >= 0.3 is 5.97 Å². The molecule has 0 saturated heterocycles. The zero-order chi connectivity index (χ0) is 14.8. The van der Waals surface area contributed by atoms with E-state index in [-0.39, 0.29) is 11.3 Å². The Balaban J connectivity index is 2.30. The maximum atomic E-state index is 13.6. The van der Waals surface area contributed by atoms with Crippen LogP contribution < -0.4 is 5.32 Å². The molecule has 0 unspecified atom stereocenters. The van der Waals surface area contributed by atoms with Crippen molar-refractivity contribution < 1.29 is 23.8 Å². The van der Waals surface area contributed by atoms with Crippen molar-refractivity contribution in [3.05, 3.63) is 29.6 Å². The van der Waals surface area contributed by atoms with Gasteiger partial charge in [0.2, 0.25) is 0 Å². The van der Waals surface area contributed by atoms with Crippen LogP contribution in [0.4, 0.5) is 10.1 Å². The first kappa shape index (κ1) is 16.4. The van der Waals surface area contributed by atoms with Crippen molar-refractivity contribution in [2.24, 2.45) is 0 Å². The molecule has 5 nitrogen and oxygen atoms in total. The highest BCUT2D eigenvalue weighted by atomic mass is 19.1. The van der Waals surface area contributed by atoms with Gasteiger partial charge in [-0.1, -0.05) is 6.07 Å². The fourth-order valence-corrected chi connectivity index (χ4v) is 1.67. The maximum Gasteiger partial charge on any atom is 0.337 e. The monoisotopic (exact) mass is 285 g/mol. The molecule has 0 bridgehead atoms. The Morgan fingerprint density at radius 3 is 2.80 bits per heavy atom. The number of nitrogens with one attached hydrogen (secondary N) is 1. The van der Waals surface area contributed by atoms with E-state index >= 15 is 0 Å². The number of carboxylic acid groups (broad SMARTS) is 1. The van der Waals surface area contributed by atoms with Crippen LogP contribution in [-0.2, 0) is 9.47 Å². The van der Waals surface area contributed by atoms with E-state index in [9.17, 15) is 9.18 Å². The molecule has 0 aliphatic heterocycles. The fraction of sp³-hybridized carbons (Fsp3) is 0.500. The molecule has 1 aromatic carbocycles. The van der Waals surface area contributed by atoms with Crippen LogP contribution in [0.5, 0.6) is 0 Å². The first-order valence-electron chi connectivity index (χ1n) is 6.49. The van der Waals surface area contributed by atoms with E-state index < -0.39 is 11.8 Å². The predicted octanol–water partition coefficient (Wildman–Crippen LogP) is 2.38. The minimum absolute atomic E-state index is 0.0419. The van der Waals surface area contributed by atoms with Gasteiger partial charge in [-0.05, 0) is 25.0 Å². The molecular formula is C14H20FNO4. The van der Waals surface area contributed by atoms with Gasteiger partial charge in [0.1, 0.15) is 5.82 Å². The summed E-state index contributed by atoms with van der Waals surface area (Å²) in [5.74, 6) is -1.70. The molecule has 0 heterocycles. The van der Waals surface area contributed by atoms with E-state index in [2.05, 4.69) is 5.32 Å². The smallest absolute Gasteiger partial charge is 0.337 e. The van der Waals surface area contributed by atoms with Crippen molar-refractivity contribution in [2.45, 2.75) is 12.8 Å². The Labute approximate surface area is 117 Å². The molecule has 0 aromatic heterocycles. The largest absolute Gasteiger partial charge is 0.478 e. The SMILES string of the molecule is COCCOCCCCNc1c(F)cccc1C(=O)O. The van der Waals surface area contributed by atoms with E-state index in [0.717, 1.165) is 12.8 Å². The topological polar surface area (TPSA) is 67.8 Å². The fourth-order valence-electron chi connectivity index (χ4n) is 1.67. The third-order valence-electron chi connectivity index (χ3n) is 2.69. The number of hydrogen-bond acceptors (Lipinski definition) is 4. The number of halogens is 1. The Kier molecular flexibility index (Phi) is 7.60. The van der Waals surface area contributed by atoms with E-state index in [1.807, 2.05) is 0 Å². The van der Waals surface area contributed by atoms with Crippen molar-refractivity contribution >= 4 is 11.7 Å². The van der Waals surface area contributed by atoms with Gasteiger partial charge in [0.05, 0.1) is 24.5 Å². The molecule has 0 spiro atoms. The minimum Gasteiger partial charge on any atom is -0.478 e. The summed E-state index contributed by atoms with van der Waals surface area (Å²) in [6.07, 6.45) is 1.58. The molecule has 0 aliphatic rings. The number of carboxylic acids is 1. The Bertz CT molecular complexity index is 426. The number of unbranched alkanes of at least 4 members (excludes halogenated alkanes) is 1. The lowest BCUT2D eigenvalue weighted by Gasteiger charge is -2.10. The number of anilines is 1. The van der Waals surface area contributed by atoms with Crippen LogP contribution in [0.1, 0.15) is 23.2 Å². The quantitative estimate of drug-likeness (QED) is 0.646. The normalized spacial score (nSPS) is 10.5. The molecule has 0 saturated carbocycles. The summed E-state index contributed by atoms with van der Waals surface area (Å²) >= 11 is 0. The van der Waals surface area contributed by atoms with Gasteiger partial charge in [0.15, 0.2) is 0 Å². The molecule has 0 aliphatic carbocycles. The van der Waals surface area contributed by atoms with Crippen LogP contribution in [0.25, 0.3) is 0 Å². The standard InChI is InChI=1S/C14H20FNO4/c1-19-9-10-20-8-3-2-7-16-13-11(14(17)18)5-4-6-12(13)15/h4-6,16H,2-3,7-10H2,1H3,(H,17,18). The van der Waals surface area contributed by atoms with Gasteiger partial charge in [-0.2, -0.15) is 0 Å². The van der Waals surface area contributed by atoms with E-state index in [1.54, 1.807) is 7.11 Å². The van der Waals surface area contributed by atoms with Crippen LogP contribution in [0.3, 0.4) is 0 Å². The molecule has 20 heavy (non-hydrogen) atoms. The van der Waals surface area contributed by atoms with E-state index in [1.165, 1.54) is 18.2 Å². The summed E-state index contributed by atoms with van der Waals surface area (Å²) in [7, 11) is 1.61. The second-order valence-electron chi connectivity index (χ2n) is 4.21. The van der Waals surface area contributed by atoms with Crippen LogP contribution >= 0.6 is 0 Å². The predicted molar refractivity (Wildman–Crippen MR) is 73.8 cm³/mol. The lowest BCUT2D eigenvalue weighted by Crippen LogP contribution is -2.10. The first-order valence-corrected chi connectivity index (χ1v) is 6.49. The number of carbonyl (C=O) groups is 1. The molecule has 6 heteroatoms. The molecule has 0 radical (unpaired) electrons. The number of para-hydroxylation sites is 1. The van der Waals surface area contributed by atoms with Crippen LogP contribution in [0, 0.1) is 5.82 Å². The zero-order valence-electron chi connectivity index (χ0n) is 11.5. The first-order chi connectivity index (χ1) is 9.66. The number of aromatic carboxylic acids is 1. The second-order valence-corrected chi connectivity index (χ2v) is 4.21. The summed E-state index contributed by atoms with van der Waals surface area (Å²) in [4.78, 5) is 11.0. The van der Waals surface area contributed by atoms with Crippen molar-refractivity contribution in [1.29, 1.82) is 0 Å². The van der Waals surface area contributed by atoms with Crippen molar-refractivity contribution in [2.75, 3.05) is 38.8 Å². The summed E-state index contributed by atoms with van der Waals surface area (Å²) in [6, 6.07) is 4.00. The molecule has 2 N–H and O–H groups in total. The van der Waals surface area contributed by atoms with Crippen LogP contribution in [-0.4, -0.2) is 44.6 Å². The summed E-state index contributed by atoms with van der Waals surface area (Å²) in [5.41, 5.74) is -0.0124. The third kappa shape index (κ3) is 5.54. The van der Waals surface area contributed by atoms with Crippen molar-refractivity contribution in [1.82, 2.24) is 0 Å². The lowest BCUT2D eigenvalue weighted by molar-refractivity contribution is 0.0690. The van der Waals surface area contributed by atoms with Crippen molar-refractivity contribution in [3.63, 3.8) is 0 Å². The highest BCUT2D eigenvalue weighted by Gasteiger charge is 2.13. The van der Waals surface area contributed by atoms with E-state index in [0.29, 0.717) is 26.4 Å². The molecular weight excluding hydrogens is 265 g/mol. The summed E-state index contributed by atoms with van der Waals surface area (Å²) < 4.78 is 23.7. The number of hydrogen-bond donors (Lipinski definition) is 2. The molecule has 0 fully saturated rings. The molecule has 1 rings (SSSR count). The highest BCUT2D eigenvalue weighted by Crippen LogP contribution is 2.19. The van der Waals surface area contributed by atoms with Gasteiger partial charge in [-0.25, -0.2) is 9.18 Å². The van der Waals surface area contributed by atoms with Gasteiger partial charge in [-0.15, -0.1) is 0 Å². The average molecular weight is 285 g/mol. The molecule has 0 amide bonds. The lowest BCUT2D eigenvalue weighted by atomic mass is 10.1. The molecule has 0 atom stereocenters. The third-order valence-corrected chi connectivity index (χ3v) is 2.69. The van der Waals surface area contributed by atoms with E-state index in [4.69, 9.17) is 14.6 Å². The van der Waals surface area contributed by atoms with Gasteiger partial charge in [0, 0.05) is 20.3 Å². The number of ether oxygens (including phenoxy) is 2. The van der Waals surface area contributed by atoms with Gasteiger partial charge in [-0.3, -0.25) is 0 Å². The molecule has 112 valence electrons. The number of rotatable bonds is 10. The molecule has 1 aromatic rings. The number of methoxy groups -OCH3 is 1. The highest BCUT2D eigenvalue weighted by molar-refractivity contribution is 5.94. The number of benzene rings is 1.